The lowest BCUT2D eigenvalue weighted by Gasteiger charge is -2.37. The second-order valence-electron chi connectivity index (χ2n) is 7.60. The summed E-state index contributed by atoms with van der Waals surface area (Å²) in [5.74, 6) is 0.866. The van der Waals surface area contributed by atoms with Crippen molar-refractivity contribution in [2.45, 2.75) is 12.5 Å². The molecule has 6 heteroatoms. The van der Waals surface area contributed by atoms with E-state index in [0.717, 1.165) is 47.0 Å². The van der Waals surface area contributed by atoms with E-state index >= 15 is 0 Å². The Balaban J connectivity index is 1.62. The molecule has 1 atom stereocenters. The molecule has 0 amide bonds. The Morgan fingerprint density at radius 3 is 2.58 bits per heavy atom. The van der Waals surface area contributed by atoms with Gasteiger partial charge in [0.25, 0.3) is 0 Å². The molecule has 2 aromatic heterocycles. The van der Waals surface area contributed by atoms with Crippen molar-refractivity contribution < 1.29 is 4.74 Å². The molecule has 2 aliphatic heterocycles. The molecule has 2 N–H and O–H groups in total. The van der Waals surface area contributed by atoms with Crippen LogP contribution in [0.15, 0.2) is 93.7 Å². The molecule has 3 aromatic rings. The van der Waals surface area contributed by atoms with Gasteiger partial charge in [-0.3, -0.25) is 4.90 Å². The Hall–Kier alpha value is -3.11. The molecule has 2 aliphatic rings. The minimum Gasteiger partial charge on any atom is -0.440 e. The van der Waals surface area contributed by atoms with Crippen LogP contribution in [0.2, 0.25) is 0 Å². The van der Waals surface area contributed by atoms with Gasteiger partial charge in [-0.2, -0.15) is 5.26 Å². The van der Waals surface area contributed by atoms with E-state index in [2.05, 4.69) is 52.8 Å². The van der Waals surface area contributed by atoms with E-state index in [0.29, 0.717) is 5.57 Å². The summed E-state index contributed by atoms with van der Waals surface area (Å²) in [6, 6.07) is 20.9. The maximum Gasteiger partial charge on any atom is 0.205 e. The number of hydrogen-bond acceptors (Lipinski definition) is 6. The fourth-order valence-corrected chi connectivity index (χ4v) is 5.82. The molecule has 0 spiro atoms. The van der Waals surface area contributed by atoms with Gasteiger partial charge in [-0.1, -0.05) is 42.5 Å². The summed E-state index contributed by atoms with van der Waals surface area (Å²) in [5.41, 5.74) is 10.1. The molecular formula is C25H21N3OS2. The van der Waals surface area contributed by atoms with Crippen LogP contribution in [-0.2, 0) is 11.3 Å². The Bertz CT molecular complexity index is 1200. The first-order valence-corrected chi connectivity index (χ1v) is 11.8. The highest BCUT2D eigenvalue weighted by molar-refractivity contribution is 7.10. The van der Waals surface area contributed by atoms with Gasteiger partial charge < -0.3 is 10.5 Å². The van der Waals surface area contributed by atoms with Crippen molar-refractivity contribution in [3.63, 3.8) is 0 Å². The predicted octanol–water partition coefficient (Wildman–Crippen LogP) is 5.47. The lowest BCUT2D eigenvalue weighted by atomic mass is 9.83. The molecule has 1 unspecified atom stereocenters. The normalized spacial score (nSPS) is 20.5. The third kappa shape index (κ3) is 3.96. The number of nitrogens with two attached hydrogens (primary N) is 1. The average Bonchev–Trinajstić information content (AvgIpc) is 3.48. The van der Waals surface area contributed by atoms with Gasteiger partial charge in [-0.15, -0.1) is 22.7 Å². The van der Waals surface area contributed by atoms with Crippen molar-refractivity contribution in [1.29, 1.82) is 5.26 Å². The van der Waals surface area contributed by atoms with Gasteiger partial charge in [0.1, 0.15) is 17.4 Å². The van der Waals surface area contributed by atoms with Crippen LogP contribution >= 0.6 is 22.7 Å². The van der Waals surface area contributed by atoms with E-state index in [1.54, 1.807) is 22.7 Å². The number of benzene rings is 1. The molecule has 31 heavy (non-hydrogen) atoms. The van der Waals surface area contributed by atoms with Gasteiger partial charge >= 0.3 is 0 Å². The van der Waals surface area contributed by atoms with Crippen LogP contribution in [0, 0.1) is 11.3 Å². The third-order valence-electron chi connectivity index (χ3n) is 5.53. The van der Waals surface area contributed by atoms with E-state index < -0.39 is 0 Å². The lowest BCUT2D eigenvalue weighted by molar-refractivity contribution is 0.231. The first-order valence-electron chi connectivity index (χ1n) is 10.1. The number of nitriles is 1. The lowest BCUT2D eigenvalue weighted by Crippen LogP contribution is -2.37. The molecule has 1 aromatic carbocycles. The van der Waals surface area contributed by atoms with E-state index in [1.807, 2.05) is 29.6 Å². The summed E-state index contributed by atoms with van der Waals surface area (Å²) < 4.78 is 6.12. The largest absolute Gasteiger partial charge is 0.440 e. The number of ether oxygens (including phenoxy) is 1. The van der Waals surface area contributed by atoms with E-state index in [4.69, 9.17) is 10.5 Å². The number of allylic oxidation sites excluding steroid dienone is 1. The maximum atomic E-state index is 9.88. The minimum absolute atomic E-state index is 0.168. The van der Waals surface area contributed by atoms with E-state index in [1.165, 1.54) is 4.88 Å². The van der Waals surface area contributed by atoms with Crippen LogP contribution in [0.25, 0.3) is 6.08 Å². The summed E-state index contributed by atoms with van der Waals surface area (Å²) >= 11 is 3.42. The quantitative estimate of drug-likeness (QED) is 0.581. The van der Waals surface area contributed by atoms with Crippen molar-refractivity contribution in [2.24, 2.45) is 5.73 Å². The van der Waals surface area contributed by atoms with Crippen LogP contribution in [0.3, 0.4) is 0 Å². The van der Waals surface area contributed by atoms with Gasteiger partial charge in [0.05, 0.1) is 5.92 Å². The van der Waals surface area contributed by atoms with Gasteiger partial charge in [0.2, 0.25) is 5.88 Å². The van der Waals surface area contributed by atoms with Gasteiger partial charge in [0.15, 0.2) is 0 Å². The number of nitrogens with zero attached hydrogens (tertiary/aromatic N) is 2. The fraction of sp³-hybridized carbons (Fsp3) is 0.160. The van der Waals surface area contributed by atoms with E-state index in [-0.39, 0.29) is 11.8 Å². The Morgan fingerprint density at radius 1 is 1.06 bits per heavy atom. The second kappa shape index (κ2) is 8.56. The highest BCUT2D eigenvalue weighted by atomic mass is 32.1. The summed E-state index contributed by atoms with van der Waals surface area (Å²) in [6.45, 7) is 2.36. The van der Waals surface area contributed by atoms with Crippen LogP contribution in [0.1, 0.15) is 21.2 Å². The van der Waals surface area contributed by atoms with Crippen LogP contribution in [0.5, 0.6) is 0 Å². The number of thiophene rings is 2. The molecule has 5 rings (SSSR count). The highest BCUT2D eigenvalue weighted by Crippen LogP contribution is 2.45. The Kier molecular flexibility index (Phi) is 5.47. The third-order valence-corrected chi connectivity index (χ3v) is 7.33. The maximum absolute atomic E-state index is 9.88. The molecule has 0 radical (unpaired) electrons. The average molecular weight is 444 g/mol. The zero-order valence-electron chi connectivity index (χ0n) is 16.8. The smallest absolute Gasteiger partial charge is 0.205 e. The SMILES string of the molecule is N#CC1=C(N)OC2=C(CN(Cc3cccs3)C/C2=C\c2ccccc2)C1c1cccs1. The van der Waals surface area contributed by atoms with Crippen LogP contribution in [-0.4, -0.2) is 18.0 Å². The van der Waals surface area contributed by atoms with Crippen LogP contribution < -0.4 is 5.73 Å². The van der Waals surface area contributed by atoms with Gasteiger partial charge in [-0.05, 0) is 34.5 Å². The topological polar surface area (TPSA) is 62.3 Å². The summed E-state index contributed by atoms with van der Waals surface area (Å²) in [6.07, 6.45) is 2.17. The van der Waals surface area contributed by atoms with E-state index in [9.17, 15) is 5.26 Å². The fourth-order valence-electron chi connectivity index (χ4n) is 4.21. The Morgan fingerprint density at radius 2 is 1.87 bits per heavy atom. The molecule has 4 heterocycles. The minimum atomic E-state index is -0.168. The first-order chi connectivity index (χ1) is 15.2. The molecule has 154 valence electrons. The summed E-state index contributed by atoms with van der Waals surface area (Å²) in [5, 5.41) is 14.0. The molecule has 0 aliphatic carbocycles. The van der Waals surface area contributed by atoms with Crippen molar-refractivity contribution in [2.75, 3.05) is 13.1 Å². The zero-order chi connectivity index (χ0) is 21.2. The van der Waals surface area contributed by atoms with Crippen molar-refractivity contribution in [1.82, 2.24) is 4.90 Å². The predicted molar refractivity (Wildman–Crippen MR) is 126 cm³/mol. The molecule has 4 nitrogen and oxygen atoms in total. The summed E-state index contributed by atoms with van der Waals surface area (Å²) in [4.78, 5) is 4.86. The molecule has 0 bridgehead atoms. The van der Waals surface area contributed by atoms with Crippen molar-refractivity contribution in [3.8, 4) is 6.07 Å². The van der Waals surface area contributed by atoms with Crippen molar-refractivity contribution >= 4 is 28.7 Å². The zero-order valence-corrected chi connectivity index (χ0v) is 18.5. The van der Waals surface area contributed by atoms with Gasteiger partial charge in [0, 0.05) is 40.5 Å². The standard InChI is InChI=1S/C25H21N3OS2/c26-13-20-23(22-9-5-11-31-22)21-16-28(15-19-8-4-10-30-19)14-18(24(21)29-25(20)27)12-17-6-2-1-3-7-17/h1-12,23H,14-16,27H2/b18-12+. The Labute approximate surface area is 189 Å². The molecule has 0 saturated carbocycles. The molecule has 0 fully saturated rings. The first kappa shape index (κ1) is 19.8. The molecule has 0 saturated heterocycles. The highest BCUT2D eigenvalue weighted by Gasteiger charge is 2.38. The molecular weight excluding hydrogens is 422 g/mol. The monoisotopic (exact) mass is 443 g/mol. The van der Waals surface area contributed by atoms with Crippen molar-refractivity contribution in [3.05, 3.63) is 109 Å². The van der Waals surface area contributed by atoms with Gasteiger partial charge in [-0.25, -0.2) is 0 Å². The number of rotatable bonds is 4. The summed E-state index contributed by atoms with van der Waals surface area (Å²) in [7, 11) is 0. The number of hydrogen-bond donors (Lipinski definition) is 1. The van der Waals surface area contributed by atoms with Crippen LogP contribution in [0.4, 0.5) is 0 Å². The second-order valence-corrected chi connectivity index (χ2v) is 9.61.